The predicted octanol–water partition coefficient (Wildman–Crippen LogP) is 4.07. The van der Waals surface area contributed by atoms with E-state index in [9.17, 15) is 0 Å². The van der Waals surface area contributed by atoms with Crippen molar-refractivity contribution >= 4 is 17.3 Å². The molecular formula is C22H25N5O. The third-order valence-electron chi connectivity index (χ3n) is 4.76. The van der Waals surface area contributed by atoms with E-state index in [2.05, 4.69) is 32.1 Å². The lowest BCUT2D eigenvalue weighted by Gasteiger charge is -2.33. The third kappa shape index (κ3) is 4.58. The van der Waals surface area contributed by atoms with Crippen molar-refractivity contribution in [3.63, 3.8) is 0 Å². The Labute approximate surface area is 165 Å². The SMILES string of the molecule is Cc1nc(Nc2ccc(Oc3ccccc3)cc2)cc(N2CCN(C)CC2)n1. The van der Waals surface area contributed by atoms with Crippen LogP contribution >= 0.6 is 0 Å². The summed E-state index contributed by atoms with van der Waals surface area (Å²) in [5, 5.41) is 3.38. The molecule has 6 heteroatoms. The van der Waals surface area contributed by atoms with Crippen molar-refractivity contribution in [2.75, 3.05) is 43.4 Å². The summed E-state index contributed by atoms with van der Waals surface area (Å²) >= 11 is 0. The summed E-state index contributed by atoms with van der Waals surface area (Å²) in [6, 6.07) is 19.7. The maximum atomic E-state index is 5.85. The zero-order chi connectivity index (χ0) is 19.3. The standard InChI is InChI=1S/C22H25N5O/c1-17-23-21(16-22(24-17)27-14-12-26(2)13-15-27)25-18-8-10-20(11-9-18)28-19-6-4-3-5-7-19/h3-11,16H,12-15H2,1-2H3,(H,23,24,25). The first-order valence-corrected chi connectivity index (χ1v) is 9.55. The van der Waals surface area contributed by atoms with Crippen LogP contribution in [0.4, 0.5) is 17.3 Å². The number of hydrogen-bond donors (Lipinski definition) is 1. The van der Waals surface area contributed by atoms with Gasteiger partial charge in [0.15, 0.2) is 0 Å². The van der Waals surface area contributed by atoms with Gasteiger partial charge in [0.05, 0.1) is 0 Å². The Bertz CT molecular complexity index is 906. The molecule has 2 aromatic carbocycles. The van der Waals surface area contributed by atoms with E-state index in [1.807, 2.05) is 67.6 Å². The smallest absolute Gasteiger partial charge is 0.136 e. The topological polar surface area (TPSA) is 53.5 Å². The number of anilines is 3. The van der Waals surface area contributed by atoms with Crippen LogP contribution in [0.3, 0.4) is 0 Å². The van der Waals surface area contributed by atoms with Gasteiger partial charge in [-0.05, 0) is 50.4 Å². The number of aryl methyl sites for hydroxylation is 1. The fourth-order valence-corrected chi connectivity index (χ4v) is 3.19. The van der Waals surface area contributed by atoms with Crippen LogP contribution in [0.1, 0.15) is 5.82 Å². The van der Waals surface area contributed by atoms with Crippen molar-refractivity contribution in [1.29, 1.82) is 0 Å². The summed E-state index contributed by atoms with van der Waals surface area (Å²) in [5.41, 5.74) is 0.961. The molecule has 1 fully saturated rings. The first-order chi connectivity index (χ1) is 13.7. The molecule has 28 heavy (non-hydrogen) atoms. The van der Waals surface area contributed by atoms with Gasteiger partial charge in [0.25, 0.3) is 0 Å². The van der Waals surface area contributed by atoms with E-state index >= 15 is 0 Å². The van der Waals surface area contributed by atoms with Crippen LogP contribution < -0.4 is 15.0 Å². The predicted molar refractivity (Wildman–Crippen MR) is 113 cm³/mol. The summed E-state index contributed by atoms with van der Waals surface area (Å²) in [4.78, 5) is 13.8. The van der Waals surface area contributed by atoms with Crippen molar-refractivity contribution in [2.45, 2.75) is 6.92 Å². The second-order valence-corrected chi connectivity index (χ2v) is 7.01. The van der Waals surface area contributed by atoms with Gasteiger partial charge in [0.2, 0.25) is 0 Å². The molecule has 0 atom stereocenters. The number of rotatable bonds is 5. The highest BCUT2D eigenvalue weighted by atomic mass is 16.5. The fraction of sp³-hybridized carbons (Fsp3) is 0.273. The van der Waals surface area contributed by atoms with Crippen molar-refractivity contribution in [1.82, 2.24) is 14.9 Å². The Morgan fingerprint density at radius 1 is 0.857 bits per heavy atom. The van der Waals surface area contributed by atoms with Gasteiger partial charge in [-0.2, -0.15) is 0 Å². The zero-order valence-electron chi connectivity index (χ0n) is 16.3. The zero-order valence-corrected chi connectivity index (χ0v) is 16.3. The van der Waals surface area contributed by atoms with Gasteiger partial charge < -0.3 is 19.9 Å². The molecule has 1 aromatic heterocycles. The molecule has 0 unspecified atom stereocenters. The van der Waals surface area contributed by atoms with E-state index < -0.39 is 0 Å². The number of benzene rings is 2. The van der Waals surface area contributed by atoms with Crippen LogP contribution in [0.2, 0.25) is 0 Å². The number of para-hydroxylation sites is 1. The minimum atomic E-state index is 0.767. The molecule has 6 nitrogen and oxygen atoms in total. The summed E-state index contributed by atoms with van der Waals surface area (Å²) in [6.07, 6.45) is 0. The highest BCUT2D eigenvalue weighted by Gasteiger charge is 2.16. The maximum Gasteiger partial charge on any atom is 0.136 e. The van der Waals surface area contributed by atoms with Crippen molar-refractivity contribution in [2.24, 2.45) is 0 Å². The van der Waals surface area contributed by atoms with Crippen molar-refractivity contribution in [3.05, 3.63) is 66.5 Å². The number of likely N-dealkylation sites (N-methyl/N-ethyl adjacent to an activating group) is 1. The second kappa shape index (κ2) is 8.27. The van der Waals surface area contributed by atoms with Crippen LogP contribution in [0.5, 0.6) is 11.5 Å². The number of nitrogens with zero attached hydrogens (tertiary/aromatic N) is 4. The maximum absolute atomic E-state index is 5.85. The first kappa shape index (κ1) is 18.3. The number of piperazine rings is 1. The molecule has 2 heterocycles. The molecule has 3 aromatic rings. The molecule has 0 spiro atoms. The molecule has 1 N–H and O–H groups in total. The minimum absolute atomic E-state index is 0.767. The molecule has 1 aliphatic rings. The number of aromatic nitrogens is 2. The fourth-order valence-electron chi connectivity index (χ4n) is 3.19. The third-order valence-corrected chi connectivity index (χ3v) is 4.76. The lowest BCUT2D eigenvalue weighted by Crippen LogP contribution is -2.44. The molecule has 1 aliphatic heterocycles. The van der Waals surface area contributed by atoms with Crippen LogP contribution in [0.25, 0.3) is 0 Å². The number of nitrogens with one attached hydrogen (secondary N) is 1. The van der Waals surface area contributed by atoms with Gasteiger partial charge >= 0.3 is 0 Å². The van der Waals surface area contributed by atoms with Crippen LogP contribution in [0, 0.1) is 6.92 Å². The molecule has 0 aliphatic carbocycles. The van der Waals surface area contributed by atoms with Crippen molar-refractivity contribution < 1.29 is 4.74 Å². The number of hydrogen-bond acceptors (Lipinski definition) is 6. The van der Waals surface area contributed by atoms with E-state index in [1.54, 1.807) is 0 Å². The quantitative estimate of drug-likeness (QED) is 0.725. The Morgan fingerprint density at radius 3 is 2.25 bits per heavy atom. The molecule has 0 amide bonds. The normalized spacial score (nSPS) is 14.7. The molecular weight excluding hydrogens is 350 g/mol. The van der Waals surface area contributed by atoms with Crippen LogP contribution in [0.15, 0.2) is 60.7 Å². The van der Waals surface area contributed by atoms with E-state index in [0.29, 0.717) is 0 Å². The largest absolute Gasteiger partial charge is 0.457 e. The van der Waals surface area contributed by atoms with Gasteiger partial charge in [0, 0.05) is 37.9 Å². The Balaban J connectivity index is 1.45. The molecule has 1 saturated heterocycles. The lowest BCUT2D eigenvalue weighted by atomic mass is 10.3. The summed E-state index contributed by atoms with van der Waals surface area (Å²) in [7, 11) is 2.15. The average Bonchev–Trinajstić information content (AvgIpc) is 2.70. The Kier molecular flexibility index (Phi) is 5.39. The summed E-state index contributed by atoms with van der Waals surface area (Å²) < 4.78 is 5.85. The Morgan fingerprint density at radius 2 is 1.54 bits per heavy atom. The van der Waals surface area contributed by atoms with Gasteiger partial charge in [-0.1, -0.05) is 18.2 Å². The van der Waals surface area contributed by atoms with E-state index in [-0.39, 0.29) is 0 Å². The highest BCUT2D eigenvalue weighted by molar-refractivity contribution is 5.60. The van der Waals surface area contributed by atoms with Crippen LogP contribution in [-0.2, 0) is 0 Å². The second-order valence-electron chi connectivity index (χ2n) is 7.01. The van der Waals surface area contributed by atoms with Crippen molar-refractivity contribution in [3.8, 4) is 11.5 Å². The Hall–Kier alpha value is -3.12. The van der Waals surface area contributed by atoms with Gasteiger partial charge in [-0.25, -0.2) is 9.97 Å². The van der Waals surface area contributed by atoms with E-state index in [4.69, 9.17) is 4.74 Å². The summed E-state index contributed by atoms with van der Waals surface area (Å²) in [6.45, 7) is 6.00. The monoisotopic (exact) mass is 375 g/mol. The molecule has 144 valence electrons. The molecule has 0 bridgehead atoms. The molecule has 0 saturated carbocycles. The lowest BCUT2D eigenvalue weighted by molar-refractivity contribution is 0.312. The van der Waals surface area contributed by atoms with Gasteiger partial charge in [-0.15, -0.1) is 0 Å². The van der Waals surface area contributed by atoms with E-state index in [0.717, 1.165) is 60.8 Å². The first-order valence-electron chi connectivity index (χ1n) is 9.55. The number of ether oxygens (including phenoxy) is 1. The van der Waals surface area contributed by atoms with Gasteiger partial charge in [0.1, 0.15) is 29.0 Å². The molecule has 0 radical (unpaired) electrons. The van der Waals surface area contributed by atoms with E-state index in [1.165, 1.54) is 0 Å². The molecule has 4 rings (SSSR count). The average molecular weight is 375 g/mol. The minimum Gasteiger partial charge on any atom is -0.457 e. The summed E-state index contributed by atoms with van der Waals surface area (Å²) in [5.74, 6) is 4.17. The van der Waals surface area contributed by atoms with Crippen LogP contribution in [-0.4, -0.2) is 48.1 Å². The van der Waals surface area contributed by atoms with Gasteiger partial charge in [-0.3, -0.25) is 0 Å². The highest BCUT2D eigenvalue weighted by Crippen LogP contribution is 2.25.